The van der Waals surface area contributed by atoms with E-state index in [-0.39, 0.29) is 11.4 Å². The van der Waals surface area contributed by atoms with Crippen LogP contribution in [-0.4, -0.2) is 29.6 Å². The van der Waals surface area contributed by atoms with Crippen LogP contribution < -0.4 is 15.8 Å². The van der Waals surface area contributed by atoms with Crippen LogP contribution in [0, 0.1) is 0 Å². The number of nitrogens with two attached hydrogens (primary N) is 1. The third-order valence-corrected chi connectivity index (χ3v) is 3.25. The fourth-order valence-corrected chi connectivity index (χ4v) is 2.25. The number of hydrogen-bond acceptors (Lipinski definition) is 3. The van der Waals surface area contributed by atoms with Gasteiger partial charge < -0.3 is 20.8 Å². The summed E-state index contributed by atoms with van der Waals surface area (Å²) >= 11 is 0. The summed E-state index contributed by atoms with van der Waals surface area (Å²) in [6, 6.07) is 5.23. The zero-order chi connectivity index (χ0) is 15.6. The van der Waals surface area contributed by atoms with Gasteiger partial charge in [-0.1, -0.05) is 0 Å². The number of carbonyl (C=O) groups excluding carboxylic acids is 1. The van der Waals surface area contributed by atoms with E-state index in [0.29, 0.717) is 6.42 Å². The molecule has 1 aromatic carbocycles. The van der Waals surface area contributed by atoms with Crippen LogP contribution in [0.5, 0.6) is 5.75 Å². The Morgan fingerprint density at radius 1 is 1.43 bits per heavy atom. The molecule has 0 spiro atoms. The number of nitrogens with one attached hydrogen (secondary N) is 2. The second-order valence-electron chi connectivity index (χ2n) is 6.28. The Bertz CT molecular complexity index is 640. The van der Waals surface area contributed by atoms with Crippen LogP contribution in [0.3, 0.4) is 0 Å². The summed E-state index contributed by atoms with van der Waals surface area (Å²) in [7, 11) is 1.63. The van der Waals surface area contributed by atoms with Gasteiger partial charge in [-0.25, -0.2) is 0 Å². The Morgan fingerprint density at radius 3 is 2.76 bits per heavy atom. The van der Waals surface area contributed by atoms with Gasteiger partial charge >= 0.3 is 0 Å². The van der Waals surface area contributed by atoms with Crippen molar-refractivity contribution >= 4 is 16.8 Å². The van der Waals surface area contributed by atoms with Crippen molar-refractivity contribution < 1.29 is 9.53 Å². The summed E-state index contributed by atoms with van der Waals surface area (Å²) in [6.45, 7) is 5.82. The summed E-state index contributed by atoms with van der Waals surface area (Å²) in [5.41, 5.74) is 7.76. The first kappa shape index (κ1) is 15.4. The molecule has 2 rings (SSSR count). The molecule has 114 valence electrons. The SMILES string of the molecule is COc1ccc2[nH]cc(CC(N)C(=O)NC(C)(C)C)c2c1. The summed E-state index contributed by atoms with van der Waals surface area (Å²) in [4.78, 5) is 15.3. The van der Waals surface area contributed by atoms with Gasteiger partial charge in [-0.2, -0.15) is 0 Å². The monoisotopic (exact) mass is 289 g/mol. The average Bonchev–Trinajstić information content (AvgIpc) is 2.79. The number of fused-ring (bicyclic) bond motifs is 1. The number of ether oxygens (including phenoxy) is 1. The summed E-state index contributed by atoms with van der Waals surface area (Å²) < 4.78 is 5.24. The van der Waals surface area contributed by atoms with Gasteiger partial charge in [-0.3, -0.25) is 4.79 Å². The number of rotatable bonds is 4. The molecule has 0 aliphatic rings. The lowest BCUT2D eigenvalue weighted by molar-refractivity contribution is -0.123. The summed E-state index contributed by atoms with van der Waals surface area (Å²) in [6.07, 6.45) is 2.38. The van der Waals surface area contributed by atoms with Crippen molar-refractivity contribution in [2.24, 2.45) is 5.73 Å². The topological polar surface area (TPSA) is 80.1 Å². The molecule has 1 atom stereocenters. The van der Waals surface area contributed by atoms with Crippen LogP contribution in [0.1, 0.15) is 26.3 Å². The predicted molar refractivity (Wildman–Crippen MR) is 84.4 cm³/mol. The Labute approximate surface area is 124 Å². The van der Waals surface area contributed by atoms with Crippen LogP contribution >= 0.6 is 0 Å². The summed E-state index contributed by atoms with van der Waals surface area (Å²) in [5.74, 6) is 0.649. The molecule has 0 saturated heterocycles. The fraction of sp³-hybridized carbons (Fsp3) is 0.438. The van der Waals surface area contributed by atoms with Crippen LogP contribution in [0.2, 0.25) is 0 Å². The average molecular weight is 289 g/mol. The van der Waals surface area contributed by atoms with E-state index in [0.717, 1.165) is 22.2 Å². The minimum atomic E-state index is -0.575. The molecule has 0 bridgehead atoms. The smallest absolute Gasteiger partial charge is 0.237 e. The summed E-state index contributed by atoms with van der Waals surface area (Å²) in [5, 5.41) is 3.94. The molecular formula is C16H23N3O2. The minimum Gasteiger partial charge on any atom is -0.497 e. The first-order valence-corrected chi connectivity index (χ1v) is 7.02. The zero-order valence-electron chi connectivity index (χ0n) is 13.0. The predicted octanol–water partition coefficient (Wildman–Crippen LogP) is 1.96. The standard InChI is InChI=1S/C16H23N3O2/c1-16(2,3)19-15(20)13(17)7-10-9-18-14-6-5-11(21-4)8-12(10)14/h5-6,8-9,13,18H,7,17H2,1-4H3,(H,19,20). The number of aromatic amines is 1. The van der Waals surface area contributed by atoms with E-state index in [9.17, 15) is 4.79 Å². The molecule has 4 N–H and O–H groups in total. The number of hydrogen-bond donors (Lipinski definition) is 3. The molecule has 0 aliphatic carbocycles. The van der Waals surface area contributed by atoms with E-state index in [1.54, 1.807) is 7.11 Å². The molecule has 1 amide bonds. The Balaban J connectivity index is 2.17. The van der Waals surface area contributed by atoms with Gasteiger partial charge in [-0.15, -0.1) is 0 Å². The largest absolute Gasteiger partial charge is 0.497 e. The van der Waals surface area contributed by atoms with E-state index in [4.69, 9.17) is 10.5 Å². The maximum absolute atomic E-state index is 12.1. The van der Waals surface area contributed by atoms with E-state index in [1.165, 1.54) is 0 Å². The van der Waals surface area contributed by atoms with E-state index in [2.05, 4.69) is 10.3 Å². The van der Waals surface area contributed by atoms with Crippen LogP contribution in [0.15, 0.2) is 24.4 Å². The Hall–Kier alpha value is -2.01. The van der Waals surface area contributed by atoms with Crippen molar-refractivity contribution in [2.75, 3.05) is 7.11 Å². The van der Waals surface area contributed by atoms with E-state index in [1.807, 2.05) is 45.2 Å². The van der Waals surface area contributed by atoms with Gasteiger partial charge in [0, 0.05) is 22.6 Å². The molecule has 1 heterocycles. The van der Waals surface area contributed by atoms with Gasteiger partial charge in [0.15, 0.2) is 0 Å². The third-order valence-electron chi connectivity index (χ3n) is 3.25. The lowest BCUT2D eigenvalue weighted by Crippen LogP contribution is -2.49. The van der Waals surface area contributed by atoms with E-state index < -0.39 is 6.04 Å². The highest BCUT2D eigenvalue weighted by molar-refractivity contribution is 5.87. The molecule has 1 aromatic heterocycles. The van der Waals surface area contributed by atoms with Gasteiger partial charge in [0.05, 0.1) is 13.2 Å². The molecular weight excluding hydrogens is 266 g/mol. The molecule has 0 radical (unpaired) electrons. The van der Waals surface area contributed by atoms with Gasteiger partial charge in [-0.05, 0) is 51.0 Å². The quantitative estimate of drug-likeness (QED) is 0.805. The molecule has 21 heavy (non-hydrogen) atoms. The van der Waals surface area contributed by atoms with Gasteiger partial charge in [0.25, 0.3) is 0 Å². The number of amides is 1. The van der Waals surface area contributed by atoms with Crippen molar-refractivity contribution in [3.63, 3.8) is 0 Å². The fourth-order valence-electron chi connectivity index (χ4n) is 2.25. The molecule has 1 unspecified atom stereocenters. The van der Waals surface area contributed by atoms with E-state index >= 15 is 0 Å². The second-order valence-corrected chi connectivity index (χ2v) is 6.28. The van der Waals surface area contributed by atoms with Crippen molar-refractivity contribution in [1.29, 1.82) is 0 Å². The number of carbonyl (C=O) groups is 1. The van der Waals surface area contributed by atoms with Gasteiger partial charge in [0.2, 0.25) is 5.91 Å². The van der Waals surface area contributed by atoms with Crippen molar-refractivity contribution in [3.05, 3.63) is 30.0 Å². The van der Waals surface area contributed by atoms with Crippen LogP contribution in [-0.2, 0) is 11.2 Å². The first-order chi connectivity index (χ1) is 9.80. The highest BCUT2D eigenvalue weighted by Gasteiger charge is 2.21. The number of benzene rings is 1. The Kier molecular flexibility index (Phi) is 4.23. The van der Waals surface area contributed by atoms with Crippen molar-refractivity contribution in [2.45, 2.75) is 38.8 Å². The first-order valence-electron chi connectivity index (χ1n) is 7.02. The minimum absolute atomic E-state index is 0.139. The lowest BCUT2D eigenvalue weighted by Gasteiger charge is -2.23. The lowest BCUT2D eigenvalue weighted by atomic mass is 10.0. The van der Waals surface area contributed by atoms with Gasteiger partial charge in [0.1, 0.15) is 5.75 Å². The van der Waals surface area contributed by atoms with Crippen molar-refractivity contribution in [3.8, 4) is 5.75 Å². The highest BCUT2D eigenvalue weighted by atomic mass is 16.5. The number of aromatic nitrogens is 1. The highest BCUT2D eigenvalue weighted by Crippen LogP contribution is 2.24. The van der Waals surface area contributed by atoms with Crippen LogP contribution in [0.4, 0.5) is 0 Å². The van der Waals surface area contributed by atoms with Crippen molar-refractivity contribution in [1.82, 2.24) is 10.3 Å². The number of methoxy groups -OCH3 is 1. The molecule has 5 nitrogen and oxygen atoms in total. The normalized spacial score (nSPS) is 13.2. The number of H-pyrrole nitrogens is 1. The molecule has 0 saturated carbocycles. The van der Waals surface area contributed by atoms with Crippen LogP contribution in [0.25, 0.3) is 10.9 Å². The molecule has 5 heteroatoms. The maximum atomic E-state index is 12.1. The molecule has 0 aliphatic heterocycles. The molecule has 0 fully saturated rings. The second kappa shape index (κ2) is 5.77. The molecule has 2 aromatic rings. The third kappa shape index (κ3) is 3.76. The maximum Gasteiger partial charge on any atom is 0.237 e. The zero-order valence-corrected chi connectivity index (χ0v) is 13.0. The Morgan fingerprint density at radius 2 is 2.14 bits per heavy atom.